The van der Waals surface area contributed by atoms with Crippen LogP contribution in [0, 0.1) is 5.92 Å². The Balaban J connectivity index is 1.42. The van der Waals surface area contributed by atoms with E-state index in [-0.39, 0.29) is 12.1 Å². The number of rotatable bonds is 3. The third-order valence-electron chi connectivity index (χ3n) is 5.76. The third-order valence-corrected chi connectivity index (χ3v) is 7.48. The number of hydrogen-bond donors (Lipinski definition) is 2. The van der Waals surface area contributed by atoms with Crippen molar-refractivity contribution >= 4 is 38.2 Å². The van der Waals surface area contributed by atoms with Crippen molar-refractivity contribution in [3.63, 3.8) is 0 Å². The van der Waals surface area contributed by atoms with Crippen molar-refractivity contribution in [2.24, 2.45) is 5.92 Å². The number of benzene rings is 1. The number of fused-ring (bicyclic) bond motifs is 3. The fourth-order valence-corrected chi connectivity index (χ4v) is 5.79. The van der Waals surface area contributed by atoms with Crippen molar-refractivity contribution in [1.82, 2.24) is 5.32 Å². The number of hydrogen-bond acceptors (Lipinski definition) is 4. The summed E-state index contributed by atoms with van der Waals surface area (Å²) in [6.45, 7) is 2.25. The molecule has 4 nitrogen and oxygen atoms in total. The Morgan fingerprint density at radius 3 is 2.79 bits per heavy atom. The molecule has 1 amide bonds. The van der Waals surface area contributed by atoms with E-state index in [0.29, 0.717) is 0 Å². The van der Waals surface area contributed by atoms with Gasteiger partial charge in [0.1, 0.15) is 16.5 Å². The Labute approximate surface area is 176 Å². The van der Waals surface area contributed by atoms with Crippen LogP contribution in [-0.4, -0.2) is 5.91 Å². The third kappa shape index (κ3) is 3.08. The average molecular weight is 457 g/mol. The molecule has 144 valence electrons. The minimum absolute atomic E-state index is 0.00721. The zero-order chi connectivity index (χ0) is 19.3. The molecule has 28 heavy (non-hydrogen) atoms. The molecule has 2 N–H and O–H groups in total. The smallest absolute Gasteiger partial charge is 0.256 e. The van der Waals surface area contributed by atoms with Crippen molar-refractivity contribution in [2.45, 2.75) is 38.8 Å². The van der Waals surface area contributed by atoms with Gasteiger partial charge in [0.25, 0.3) is 5.91 Å². The Morgan fingerprint density at radius 1 is 1.18 bits per heavy atom. The van der Waals surface area contributed by atoms with Crippen LogP contribution in [-0.2, 0) is 12.8 Å². The van der Waals surface area contributed by atoms with Gasteiger partial charge in [0.05, 0.1) is 5.56 Å². The predicted octanol–water partition coefficient (Wildman–Crippen LogP) is 6.14. The van der Waals surface area contributed by atoms with Crippen LogP contribution in [0.15, 0.2) is 45.3 Å². The van der Waals surface area contributed by atoms with E-state index in [9.17, 15) is 4.79 Å². The molecule has 3 heterocycles. The van der Waals surface area contributed by atoms with Crippen LogP contribution < -0.4 is 10.6 Å². The van der Waals surface area contributed by atoms with Gasteiger partial charge in [0.2, 0.25) is 0 Å². The van der Waals surface area contributed by atoms with E-state index in [1.807, 2.05) is 36.4 Å². The zero-order valence-corrected chi connectivity index (χ0v) is 18.0. The normalized spacial score (nSPS) is 20.9. The van der Waals surface area contributed by atoms with Crippen molar-refractivity contribution in [3.8, 4) is 11.3 Å². The van der Waals surface area contributed by atoms with Gasteiger partial charge in [-0.3, -0.25) is 4.79 Å². The van der Waals surface area contributed by atoms with Crippen molar-refractivity contribution in [1.29, 1.82) is 0 Å². The first-order valence-electron chi connectivity index (χ1n) is 9.70. The van der Waals surface area contributed by atoms with E-state index in [0.717, 1.165) is 50.9 Å². The lowest BCUT2D eigenvalue weighted by molar-refractivity contribution is 0.0930. The lowest BCUT2D eigenvalue weighted by Crippen LogP contribution is -2.38. The number of amides is 1. The largest absolute Gasteiger partial charge is 0.457 e. The molecule has 0 unspecified atom stereocenters. The fraction of sp³-hybridized carbons (Fsp3) is 0.318. The van der Waals surface area contributed by atoms with E-state index >= 15 is 0 Å². The molecule has 2 aliphatic rings. The van der Waals surface area contributed by atoms with Gasteiger partial charge in [-0.05, 0) is 55.0 Å². The molecule has 0 saturated heterocycles. The number of anilines is 1. The Kier molecular flexibility index (Phi) is 4.56. The molecular formula is C22H21BrN2O2S. The second-order valence-corrected chi connectivity index (χ2v) is 9.51. The number of carbonyl (C=O) groups excluding carboxylic acids is 1. The number of thiophene rings is 1. The van der Waals surface area contributed by atoms with Gasteiger partial charge in [-0.25, -0.2) is 0 Å². The standard InChI is InChI=1S/C22H21BrN2O2S/c1-2-12-3-8-15-18(11-12)28-22-19(15)21(26)24-20(25-22)17-10-9-16(27-17)13-4-6-14(23)7-5-13/h4-7,9-10,12,20,25H,2-3,8,11H2,1H3,(H,24,26)/t12-,20-/m0/s1. The van der Waals surface area contributed by atoms with Crippen LogP contribution in [0.2, 0.25) is 0 Å². The van der Waals surface area contributed by atoms with Gasteiger partial charge < -0.3 is 15.1 Å². The first-order chi connectivity index (χ1) is 13.6. The number of nitrogens with one attached hydrogen (secondary N) is 2. The van der Waals surface area contributed by atoms with Crippen LogP contribution in [0.25, 0.3) is 11.3 Å². The van der Waals surface area contributed by atoms with Gasteiger partial charge in [-0.1, -0.05) is 41.4 Å². The Morgan fingerprint density at radius 2 is 2.00 bits per heavy atom. The van der Waals surface area contributed by atoms with E-state index in [1.54, 1.807) is 11.3 Å². The summed E-state index contributed by atoms with van der Waals surface area (Å²) in [5.41, 5.74) is 3.11. The second kappa shape index (κ2) is 7.08. The van der Waals surface area contributed by atoms with Gasteiger partial charge in [-0.2, -0.15) is 0 Å². The van der Waals surface area contributed by atoms with Gasteiger partial charge in [0.15, 0.2) is 6.17 Å². The fourth-order valence-electron chi connectivity index (χ4n) is 4.13. The Bertz CT molecular complexity index is 1040. The molecule has 2 aromatic heterocycles. The van der Waals surface area contributed by atoms with Gasteiger partial charge in [0, 0.05) is 14.9 Å². The summed E-state index contributed by atoms with van der Waals surface area (Å²) in [4.78, 5) is 14.3. The first-order valence-corrected chi connectivity index (χ1v) is 11.3. The Hall–Kier alpha value is -2.05. The van der Waals surface area contributed by atoms with E-state index < -0.39 is 0 Å². The van der Waals surface area contributed by atoms with Gasteiger partial charge >= 0.3 is 0 Å². The molecule has 6 heteroatoms. The summed E-state index contributed by atoms with van der Waals surface area (Å²) in [7, 11) is 0. The summed E-state index contributed by atoms with van der Waals surface area (Å²) < 4.78 is 7.09. The summed E-state index contributed by atoms with van der Waals surface area (Å²) in [6.07, 6.45) is 4.14. The maximum atomic E-state index is 12.9. The molecule has 2 atom stereocenters. The molecule has 1 aliphatic carbocycles. The highest BCUT2D eigenvalue weighted by Gasteiger charge is 2.34. The van der Waals surface area contributed by atoms with Crippen molar-refractivity contribution in [2.75, 3.05) is 5.32 Å². The minimum atomic E-state index is -0.341. The highest BCUT2D eigenvalue weighted by molar-refractivity contribution is 9.10. The number of carbonyl (C=O) groups is 1. The summed E-state index contributed by atoms with van der Waals surface area (Å²) in [6, 6.07) is 11.9. The molecule has 1 aromatic carbocycles. The maximum Gasteiger partial charge on any atom is 0.256 e. The lowest BCUT2D eigenvalue weighted by Gasteiger charge is -2.25. The molecule has 0 bridgehead atoms. The van der Waals surface area contributed by atoms with Crippen molar-refractivity contribution < 1.29 is 9.21 Å². The topological polar surface area (TPSA) is 54.3 Å². The second-order valence-electron chi connectivity index (χ2n) is 7.48. The monoisotopic (exact) mass is 456 g/mol. The predicted molar refractivity (Wildman–Crippen MR) is 116 cm³/mol. The summed E-state index contributed by atoms with van der Waals surface area (Å²) in [5.74, 6) is 2.26. The lowest BCUT2D eigenvalue weighted by atomic mass is 9.85. The van der Waals surface area contributed by atoms with Crippen LogP contribution in [0.5, 0.6) is 0 Å². The maximum absolute atomic E-state index is 12.9. The molecule has 3 aromatic rings. The molecule has 0 fully saturated rings. The van der Waals surface area contributed by atoms with E-state index in [2.05, 4.69) is 33.5 Å². The highest BCUT2D eigenvalue weighted by Crippen LogP contribution is 2.43. The number of halogens is 1. The van der Waals surface area contributed by atoms with Crippen molar-refractivity contribution in [3.05, 3.63) is 62.6 Å². The van der Waals surface area contributed by atoms with Crippen LogP contribution in [0.3, 0.4) is 0 Å². The highest BCUT2D eigenvalue weighted by atomic mass is 79.9. The molecule has 5 rings (SSSR count). The summed E-state index contributed by atoms with van der Waals surface area (Å²) >= 11 is 5.20. The van der Waals surface area contributed by atoms with Crippen LogP contribution in [0.1, 0.15) is 52.5 Å². The van der Waals surface area contributed by atoms with E-state index in [1.165, 1.54) is 23.3 Å². The van der Waals surface area contributed by atoms with E-state index in [4.69, 9.17) is 4.42 Å². The van der Waals surface area contributed by atoms with Crippen LogP contribution >= 0.6 is 27.3 Å². The van der Waals surface area contributed by atoms with Gasteiger partial charge in [-0.15, -0.1) is 11.3 Å². The number of furan rings is 1. The average Bonchev–Trinajstić information content (AvgIpc) is 3.32. The molecule has 1 aliphatic heterocycles. The SMILES string of the molecule is CC[C@H]1CCc2c(sc3c2C(=O)N[C@H](c2ccc(-c4ccc(Br)cc4)o2)N3)C1. The molecule has 0 spiro atoms. The zero-order valence-electron chi connectivity index (χ0n) is 15.5. The molecule has 0 saturated carbocycles. The summed E-state index contributed by atoms with van der Waals surface area (Å²) in [5, 5.41) is 7.56. The quantitative estimate of drug-likeness (QED) is 0.497. The minimum Gasteiger partial charge on any atom is -0.457 e. The van der Waals surface area contributed by atoms with Crippen LogP contribution in [0.4, 0.5) is 5.00 Å². The first kappa shape index (κ1) is 18.0. The molecule has 0 radical (unpaired) electrons. The molecular weight excluding hydrogens is 436 g/mol.